The smallest absolute Gasteiger partial charge is 0.234 e. The lowest BCUT2D eigenvalue weighted by molar-refractivity contribution is -0.123. The Morgan fingerprint density at radius 2 is 1.87 bits per heavy atom. The molecule has 0 rings (SSSR count). The van der Waals surface area contributed by atoms with Gasteiger partial charge in [0.25, 0.3) is 0 Å². The van der Waals surface area contributed by atoms with Gasteiger partial charge in [0.1, 0.15) is 0 Å². The first-order valence-corrected chi connectivity index (χ1v) is 5.49. The van der Waals surface area contributed by atoms with Crippen molar-refractivity contribution < 1.29 is 9.90 Å². The first-order chi connectivity index (χ1) is 6.82. The number of aliphatic hydroxyl groups excluding tert-OH is 1. The number of rotatable bonds is 6. The van der Waals surface area contributed by atoms with Crippen LogP contribution in [-0.2, 0) is 4.79 Å². The van der Waals surface area contributed by atoms with E-state index >= 15 is 0 Å². The van der Waals surface area contributed by atoms with Gasteiger partial charge in [-0.1, -0.05) is 13.8 Å². The molecule has 0 saturated heterocycles. The first kappa shape index (κ1) is 14.4. The molecule has 0 spiro atoms. The number of nitrogens with one attached hydrogen (secondary N) is 1. The number of carbonyl (C=O) groups excluding carboxylic acids is 1. The molecule has 0 saturated carbocycles. The van der Waals surface area contributed by atoms with Crippen LogP contribution in [0.5, 0.6) is 0 Å². The molecule has 0 aromatic rings. The minimum Gasteiger partial charge on any atom is -0.392 e. The Morgan fingerprint density at radius 3 is 2.27 bits per heavy atom. The van der Waals surface area contributed by atoms with Gasteiger partial charge in [-0.25, -0.2) is 0 Å². The summed E-state index contributed by atoms with van der Waals surface area (Å²) in [5, 5.41) is 12.1. The Morgan fingerprint density at radius 1 is 1.33 bits per heavy atom. The quantitative estimate of drug-likeness (QED) is 0.678. The van der Waals surface area contributed by atoms with E-state index in [9.17, 15) is 4.79 Å². The Bertz CT molecular complexity index is 193. The van der Waals surface area contributed by atoms with E-state index in [1.54, 1.807) is 6.92 Å². The van der Waals surface area contributed by atoms with Crippen LogP contribution in [0.1, 0.15) is 27.7 Å². The summed E-state index contributed by atoms with van der Waals surface area (Å²) in [6.07, 6.45) is -0.398. The molecule has 0 aliphatic carbocycles. The van der Waals surface area contributed by atoms with Crippen LogP contribution in [0.15, 0.2) is 0 Å². The van der Waals surface area contributed by atoms with Crippen molar-refractivity contribution in [1.82, 2.24) is 10.2 Å². The maximum absolute atomic E-state index is 11.5. The molecule has 0 fully saturated rings. The molecule has 2 N–H and O–H groups in total. The lowest BCUT2D eigenvalue weighted by Gasteiger charge is -2.21. The highest BCUT2D eigenvalue weighted by Crippen LogP contribution is 1.99. The summed E-state index contributed by atoms with van der Waals surface area (Å²) in [4.78, 5) is 13.3. The standard InChI is InChI=1S/C11H24N2O2/c1-8(2)10(4)12-11(15)7-13(5)6-9(3)14/h8-10,14H,6-7H2,1-5H3,(H,12,15). The molecule has 0 aliphatic rings. The number of hydrogen-bond acceptors (Lipinski definition) is 3. The minimum absolute atomic E-state index is 0.0133. The van der Waals surface area contributed by atoms with Gasteiger partial charge in [-0.2, -0.15) is 0 Å². The highest BCUT2D eigenvalue weighted by molar-refractivity contribution is 5.78. The number of hydrogen-bond donors (Lipinski definition) is 2. The fourth-order valence-corrected chi connectivity index (χ4v) is 1.23. The molecule has 1 amide bonds. The molecule has 2 atom stereocenters. The lowest BCUT2D eigenvalue weighted by Crippen LogP contribution is -2.43. The van der Waals surface area contributed by atoms with Crippen molar-refractivity contribution in [3.63, 3.8) is 0 Å². The predicted octanol–water partition coefficient (Wildman–Crippen LogP) is 0.460. The second-order valence-corrected chi connectivity index (χ2v) is 4.65. The molecule has 0 aromatic carbocycles. The van der Waals surface area contributed by atoms with Gasteiger partial charge in [-0.3, -0.25) is 9.69 Å². The van der Waals surface area contributed by atoms with E-state index in [1.807, 2.05) is 18.9 Å². The molecular weight excluding hydrogens is 192 g/mol. The summed E-state index contributed by atoms with van der Waals surface area (Å²) in [6, 6.07) is 0.192. The zero-order valence-electron chi connectivity index (χ0n) is 10.4. The van der Waals surface area contributed by atoms with Crippen LogP contribution in [-0.4, -0.2) is 48.2 Å². The average molecular weight is 216 g/mol. The topological polar surface area (TPSA) is 52.6 Å². The van der Waals surface area contributed by atoms with Crippen molar-refractivity contribution in [3.8, 4) is 0 Å². The van der Waals surface area contributed by atoms with Crippen LogP contribution < -0.4 is 5.32 Å². The number of nitrogens with zero attached hydrogens (tertiary/aromatic N) is 1. The number of likely N-dealkylation sites (N-methyl/N-ethyl adjacent to an activating group) is 1. The van der Waals surface area contributed by atoms with Crippen LogP contribution in [0.2, 0.25) is 0 Å². The molecule has 0 aliphatic heterocycles. The Hall–Kier alpha value is -0.610. The van der Waals surface area contributed by atoms with Gasteiger partial charge in [-0.05, 0) is 26.8 Å². The fraction of sp³-hybridized carbons (Fsp3) is 0.909. The third-order valence-electron chi connectivity index (χ3n) is 2.38. The van der Waals surface area contributed by atoms with Crippen LogP contribution in [0.3, 0.4) is 0 Å². The number of aliphatic hydroxyl groups is 1. The molecule has 2 unspecified atom stereocenters. The van der Waals surface area contributed by atoms with Gasteiger partial charge in [0.2, 0.25) is 5.91 Å². The van der Waals surface area contributed by atoms with E-state index in [4.69, 9.17) is 5.11 Å². The van der Waals surface area contributed by atoms with Gasteiger partial charge in [0.15, 0.2) is 0 Å². The third-order valence-corrected chi connectivity index (χ3v) is 2.38. The summed E-state index contributed by atoms with van der Waals surface area (Å²) in [6.45, 7) is 8.71. The van der Waals surface area contributed by atoms with Crippen molar-refractivity contribution in [2.45, 2.75) is 39.8 Å². The Kier molecular flexibility index (Phi) is 6.52. The van der Waals surface area contributed by atoms with E-state index in [0.29, 0.717) is 19.0 Å². The van der Waals surface area contributed by atoms with Gasteiger partial charge in [0.05, 0.1) is 12.6 Å². The maximum Gasteiger partial charge on any atom is 0.234 e. The summed E-state index contributed by atoms with van der Waals surface area (Å²) in [5.74, 6) is 0.454. The summed E-state index contributed by atoms with van der Waals surface area (Å²) < 4.78 is 0. The van der Waals surface area contributed by atoms with Crippen LogP contribution in [0.4, 0.5) is 0 Å². The first-order valence-electron chi connectivity index (χ1n) is 5.49. The zero-order chi connectivity index (χ0) is 12.0. The minimum atomic E-state index is -0.398. The van der Waals surface area contributed by atoms with Gasteiger partial charge in [-0.15, -0.1) is 0 Å². The zero-order valence-corrected chi connectivity index (χ0v) is 10.4. The molecule has 0 heterocycles. The molecular formula is C11H24N2O2. The van der Waals surface area contributed by atoms with E-state index in [1.165, 1.54) is 0 Å². The average Bonchev–Trinajstić information content (AvgIpc) is 2.00. The monoisotopic (exact) mass is 216 g/mol. The predicted molar refractivity (Wildman–Crippen MR) is 61.6 cm³/mol. The van der Waals surface area contributed by atoms with Crippen molar-refractivity contribution in [2.75, 3.05) is 20.1 Å². The molecule has 0 radical (unpaired) electrons. The van der Waals surface area contributed by atoms with Crippen LogP contribution >= 0.6 is 0 Å². The normalized spacial score (nSPS) is 15.5. The molecule has 0 aromatic heterocycles. The van der Waals surface area contributed by atoms with E-state index < -0.39 is 6.10 Å². The molecule has 4 nitrogen and oxygen atoms in total. The maximum atomic E-state index is 11.5. The fourth-order valence-electron chi connectivity index (χ4n) is 1.23. The third kappa shape index (κ3) is 7.33. The molecule has 0 bridgehead atoms. The van der Waals surface area contributed by atoms with Gasteiger partial charge < -0.3 is 10.4 Å². The summed E-state index contributed by atoms with van der Waals surface area (Å²) in [5.41, 5.74) is 0. The van der Waals surface area contributed by atoms with Crippen LogP contribution in [0.25, 0.3) is 0 Å². The SMILES string of the molecule is CC(O)CN(C)CC(=O)NC(C)C(C)C. The van der Waals surface area contributed by atoms with Crippen molar-refractivity contribution in [3.05, 3.63) is 0 Å². The lowest BCUT2D eigenvalue weighted by atomic mass is 10.1. The number of amides is 1. The van der Waals surface area contributed by atoms with E-state index in [2.05, 4.69) is 19.2 Å². The second kappa shape index (κ2) is 6.80. The highest BCUT2D eigenvalue weighted by Gasteiger charge is 2.13. The van der Waals surface area contributed by atoms with Crippen molar-refractivity contribution in [1.29, 1.82) is 0 Å². The number of carbonyl (C=O) groups is 1. The summed E-state index contributed by atoms with van der Waals surface area (Å²) >= 11 is 0. The second-order valence-electron chi connectivity index (χ2n) is 4.65. The highest BCUT2D eigenvalue weighted by atomic mass is 16.3. The molecule has 15 heavy (non-hydrogen) atoms. The summed E-state index contributed by atoms with van der Waals surface area (Å²) in [7, 11) is 1.83. The van der Waals surface area contributed by atoms with E-state index in [-0.39, 0.29) is 11.9 Å². The molecule has 90 valence electrons. The van der Waals surface area contributed by atoms with E-state index in [0.717, 1.165) is 0 Å². The Labute approximate surface area is 92.7 Å². The van der Waals surface area contributed by atoms with Gasteiger partial charge in [0, 0.05) is 12.6 Å². The van der Waals surface area contributed by atoms with Gasteiger partial charge >= 0.3 is 0 Å². The Balaban J connectivity index is 3.83. The van der Waals surface area contributed by atoms with Crippen LogP contribution in [0, 0.1) is 5.92 Å². The van der Waals surface area contributed by atoms with Crippen molar-refractivity contribution >= 4 is 5.91 Å². The molecule has 4 heteroatoms. The van der Waals surface area contributed by atoms with Crippen molar-refractivity contribution in [2.24, 2.45) is 5.92 Å². The largest absolute Gasteiger partial charge is 0.392 e.